The van der Waals surface area contributed by atoms with Crippen molar-refractivity contribution in [1.29, 1.82) is 0 Å². The second kappa shape index (κ2) is 5.18. The van der Waals surface area contributed by atoms with Crippen LogP contribution in [0.2, 0.25) is 0 Å². The maximum Gasteiger partial charge on any atom is 0.246 e. The van der Waals surface area contributed by atoms with Crippen LogP contribution in [0.4, 0.5) is 0 Å². The Labute approximate surface area is 119 Å². The predicted molar refractivity (Wildman–Crippen MR) is 74.2 cm³/mol. The molecule has 1 aromatic rings. The number of carbonyl (C=O) groups excluding carboxylic acids is 1. The Morgan fingerprint density at radius 1 is 1.55 bits per heavy atom. The topological polar surface area (TPSA) is 59.4 Å². The molecule has 0 aromatic carbocycles. The molecule has 3 heterocycles. The highest BCUT2D eigenvalue weighted by Crippen LogP contribution is 2.28. The van der Waals surface area contributed by atoms with Gasteiger partial charge in [0.05, 0.1) is 17.6 Å². The first-order valence-corrected chi connectivity index (χ1v) is 7.22. The van der Waals surface area contributed by atoms with E-state index in [0.717, 1.165) is 26.1 Å². The zero-order chi connectivity index (χ0) is 14.2. The fraction of sp³-hybridized carbons (Fsp3) is 0.714. The van der Waals surface area contributed by atoms with Crippen molar-refractivity contribution in [3.8, 4) is 0 Å². The summed E-state index contributed by atoms with van der Waals surface area (Å²) in [5, 5.41) is 2.92. The fourth-order valence-corrected chi connectivity index (χ4v) is 3.05. The van der Waals surface area contributed by atoms with E-state index in [-0.39, 0.29) is 18.1 Å². The number of ether oxygens (including phenoxy) is 1. The van der Waals surface area contributed by atoms with Crippen LogP contribution in [0.1, 0.15) is 32.0 Å². The van der Waals surface area contributed by atoms with Crippen LogP contribution in [-0.2, 0) is 16.1 Å². The van der Waals surface area contributed by atoms with Crippen LogP contribution in [0.3, 0.4) is 0 Å². The molecule has 6 nitrogen and oxygen atoms in total. The van der Waals surface area contributed by atoms with Gasteiger partial charge in [0.2, 0.25) is 5.91 Å². The average molecular weight is 278 g/mol. The Kier molecular flexibility index (Phi) is 3.52. The number of morpholine rings is 1. The summed E-state index contributed by atoms with van der Waals surface area (Å²) in [5.41, 5.74) is 1.05. The van der Waals surface area contributed by atoms with Crippen LogP contribution < -0.4 is 5.32 Å². The number of imidazole rings is 1. The number of aromatic nitrogens is 2. The van der Waals surface area contributed by atoms with E-state index in [4.69, 9.17) is 4.74 Å². The number of amides is 1. The molecule has 0 aliphatic carbocycles. The van der Waals surface area contributed by atoms with Crippen molar-refractivity contribution in [2.45, 2.75) is 38.5 Å². The largest absolute Gasteiger partial charge is 0.362 e. The van der Waals surface area contributed by atoms with Crippen molar-refractivity contribution in [2.75, 3.05) is 26.2 Å². The van der Waals surface area contributed by atoms with Crippen LogP contribution in [0.5, 0.6) is 0 Å². The third-order valence-corrected chi connectivity index (χ3v) is 4.20. The van der Waals surface area contributed by atoms with Gasteiger partial charge in [0, 0.05) is 38.4 Å². The number of rotatable bonds is 3. The second-order valence-electron chi connectivity index (χ2n) is 6.10. The van der Waals surface area contributed by atoms with Gasteiger partial charge in [-0.15, -0.1) is 0 Å². The molecule has 0 bridgehead atoms. The number of likely N-dealkylation sites (tertiary alicyclic amines) is 1. The quantitative estimate of drug-likeness (QED) is 0.877. The van der Waals surface area contributed by atoms with Gasteiger partial charge >= 0.3 is 0 Å². The van der Waals surface area contributed by atoms with E-state index in [0.29, 0.717) is 12.6 Å². The summed E-state index contributed by atoms with van der Waals surface area (Å²) >= 11 is 0. The van der Waals surface area contributed by atoms with E-state index in [1.54, 1.807) is 0 Å². The number of nitrogens with zero attached hydrogens (tertiary/aromatic N) is 3. The van der Waals surface area contributed by atoms with Gasteiger partial charge in [-0.1, -0.05) is 0 Å². The smallest absolute Gasteiger partial charge is 0.246 e. The van der Waals surface area contributed by atoms with Gasteiger partial charge in [-0.2, -0.15) is 0 Å². The summed E-state index contributed by atoms with van der Waals surface area (Å²) in [5.74, 6) is -0.00745. The molecule has 1 unspecified atom stereocenters. The molecule has 110 valence electrons. The van der Waals surface area contributed by atoms with E-state index >= 15 is 0 Å². The molecule has 1 amide bonds. The lowest BCUT2D eigenvalue weighted by atomic mass is 10.0. The van der Waals surface area contributed by atoms with E-state index in [1.807, 2.05) is 12.5 Å². The van der Waals surface area contributed by atoms with Crippen LogP contribution in [0.25, 0.3) is 0 Å². The highest BCUT2D eigenvalue weighted by Gasteiger charge is 2.42. The van der Waals surface area contributed by atoms with Gasteiger partial charge in [-0.3, -0.25) is 9.69 Å². The van der Waals surface area contributed by atoms with E-state index in [2.05, 4.69) is 33.6 Å². The van der Waals surface area contributed by atoms with Crippen molar-refractivity contribution >= 4 is 5.91 Å². The lowest BCUT2D eigenvalue weighted by Gasteiger charge is -2.33. The minimum Gasteiger partial charge on any atom is -0.362 e. The van der Waals surface area contributed by atoms with Crippen molar-refractivity contribution in [3.63, 3.8) is 0 Å². The summed E-state index contributed by atoms with van der Waals surface area (Å²) < 4.78 is 7.99. The molecule has 2 aliphatic rings. The molecule has 2 saturated heterocycles. The Morgan fingerprint density at radius 3 is 3.10 bits per heavy atom. The summed E-state index contributed by atoms with van der Waals surface area (Å²) in [7, 11) is 0. The molecule has 2 aliphatic heterocycles. The van der Waals surface area contributed by atoms with E-state index < -0.39 is 0 Å². The number of carbonyl (C=O) groups is 1. The Bertz CT molecular complexity index is 487. The normalized spacial score (nSPS) is 27.4. The standard InChI is InChI=1S/C14H22N4O2/c1-11(2)18-10-15-5-12(18)6-17-4-3-14(9-17)8-16-13(19)7-20-14/h5,10-11H,3-4,6-9H2,1-2H3,(H,16,19). The molecule has 1 N–H and O–H groups in total. The monoisotopic (exact) mass is 278 g/mol. The van der Waals surface area contributed by atoms with Gasteiger partial charge in [0.1, 0.15) is 6.61 Å². The third-order valence-electron chi connectivity index (χ3n) is 4.20. The molecule has 1 atom stereocenters. The summed E-state index contributed by atoms with van der Waals surface area (Å²) in [6.45, 7) is 7.91. The zero-order valence-electron chi connectivity index (χ0n) is 12.1. The second-order valence-corrected chi connectivity index (χ2v) is 6.10. The predicted octanol–water partition coefficient (Wildman–Crippen LogP) is 0.555. The maximum atomic E-state index is 11.2. The molecular formula is C14H22N4O2. The molecule has 6 heteroatoms. The van der Waals surface area contributed by atoms with Gasteiger partial charge in [-0.05, 0) is 20.3 Å². The first kappa shape index (κ1) is 13.6. The van der Waals surface area contributed by atoms with Crippen molar-refractivity contribution in [1.82, 2.24) is 19.8 Å². The number of hydrogen-bond donors (Lipinski definition) is 1. The number of nitrogens with one attached hydrogen (secondary N) is 1. The van der Waals surface area contributed by atoms with Gasteiger partial charge < -0.3 is 14.6 Å². The average Bonchev–Trinajstić information content (AvgIpc) is 3.02. The third kappa shape index (κ3) is 2.58. The summed E-state index contributed by atoms with van der Waals surface area (Å²) in [4.78, 5) is 17.8. The highest BCUT2D eigenvalue weighted by molar-refractivity contribution is 5.78. The van der Waals surface area contributed by atoms with Gasteiger partial charge in [-0.25, -0.2) is 4.98 Å². The molecule has 0 saturated carbocycles. The van der Waals surface area contributed by atoms with Crippen LogP contribution in [0, 0.1) is 0 Å². The summed E-state index contributed by atoms with van der Waals surface area (Å²) in [6, 6.07) is 0.425. The lowest BCUT2D eigenvalue weighted by Crippen LogP contribution is -2.53. The molecule has 1 spiro atoms. The van der Waals surface area contributed by atoms with Gasteiger partial charge in [0.15, 0.2) is 0 Å². The summed E-state index contributed by atoms with van der Waals surface area (Å²) in [6.07, 6.45) is 4.81. The molecule has 20 heavy (non-hydrogen) atoms. The first-order valence-electron chi connectivity index (χ1n) is 7.22. The molecule has 2 fully saturated rings. The molecular weight excluding hydrogens is 256 g/mol. The van der Waals surface area contributed by atoms with Crippen LogP contribution in [0.15, 0.2) is 12.5 Å². The van der Waals surface area contributed by atoms with E-state index in [1.165, 1.54) is 5.69 Å². The Morgan fingerprint density at radius 2 is 2.40 bits per heavy atom. The van der Waals surface area contributed by atoms with Crippen LogP contribution in [-0.4, -0.2) is 52.2 Å². The molecule has 3 rings (SSSR count). The highest BCUT2D eigenvalue weighted by atomic mass is 16.5. The minimum atomic E-state index is -0.184. The van der Waals surface area contributed by atoms with Crippen molar-refractivity contribution in [2.24, 2.45) is 0 Å². The van der Waals surface area contributed by atoms with E-state index in [9.17, 15) is 4.79 Å². The molecule has 0 radical (unpaired) electrons. The fourth-order valence-electron chi connectivity index (χ4n) is 3.05. The Balaban J connectivity index is 1.63. The zero-order valence-corrected chi connectivity index (χ0v) is 12.1. The SMILES string of the molecule is CC(C)n1cncc1CN1CCC2(CNC(=O)CO2)C1. The lowest BCUT2D eigenvalue weighted by molar-refractivity contribution is -0.142. The van der Waals surface area contributed by atoms with Crippen LogP contribution >= 0.6 is 0 Å². The Hall–Kier alpha value is -1.40. The van der Waals surface area contributed by atoms with Crippen molar-refractivity contribution in [3.05, 3.63) is 18.2 Å². The maximum absolute atomic E-state index is 11.2. The molecule has 1 aromatic heterocycles. The van der Waals surface area contributed by atoms with Crippen molar-refractivity contribution < 1.29 is 9.53 Å². The minimum absolute atomic E-state index is 0.00745. The number of hydrogen-bond acceptors (Lipinski definition) is 4. The first-order chi connectivity index (χ1) is 9.58. The van der Waals surface area contributed by atoms with Gasteiger partial charge in [0.25, 0.3) is 0 Å².